The molecule has 0 radical (unpaired) electrons. The highest BCUT2D eigenvalue weighted by atomic mass is 14.4. The summed E-state index contributed by atoms with van der Waals surface area (Å²) in [6, 6.07) is 0. The van der Waals surface area contributed by atoms with E-state index in [1.807, 2.05) is 0 Å². The van der Waals surface area contributed by atoms with Crippen molar-refractivity contribution in [3.8, 4) is 0 Å². The third kappa shape index (κ3) is 13.2. The molecule has 0 amide bonds. The molecule has 0 saturated carbocycles. The Kier molecular flexibility index (Phi) is 16.0. The second kappa shape index (κ2) is 16.0. The lowest BCUT2D eigenvalue weighted by atomic mass is 9.63. The molecule has 0 spiro atoms. The third-order valence-corrected chi connectivity index (χ3v) is 6.97. The van der Waals surface area contributed by atoms with Crippen molar-refractivity contribution in [3.63, 3.8) is 0 Å². The Labute approximate surface area is 168 Å². The number of rotatable bonds is 18. The molecule has 0 aliphatic rings. The fourth-order valence-electron chi connectivity index (χ4n) is 4.17. The van der Waals surface area contributed by atoms with Crippen LogP contribution in [0.25, 0.3) is 0 Å². The van der Waals surface area contributed by atoms with Crippen LogP contribution < -0.4 is 0 Å². The summed E-state index contributed by atoms with van der Waals surface area (Å²) in [7, 11) is 0. The highest BCUT2D eigenvalue weighted by molar-refractivity contribution is 4.86. The molecule has 26 heavy (non-hydrogen) atoms. The number of unbranched alkanes of at least 4 members (excludes halogenated alkanes) is 14. The normalized spacial score (nSPS) is 12.7. The lowest BCUT2D eigenvalue weighted by Crippen LogP contribution is -2.32. The van der Waals surface area contributed by atoms with E-state index in [0.717, 1.165) is 0 Å². The van der Waals surface area contributed by atoms with Gasteiger partial charge in [0.05, 0.1) is 0 Å². The largest absolute Gasteiger partial charge is 0.0654 e. The van der Waals surface area contributed by atoms with Gasteiger partial charge in [-0.1, -0.05) is 144 Å². The first kappa shape index (κ1) is 26.0. The first-order chi connectivity index (χ1) is 12.4. The van der Waals surface area contributed by atoms with Crippen molar-refractivity contribution < 1.29 is 0 Å². The minimum atomic E-state index is 0.440. The molecule has 0 unspecified atom stereocenters. The molecule has 0 N–H and O–H groups in total. The van der Waals surface area contributed by atoms with E-state index in [4.69, 9.17) is 0 Å². The first-order valence-corrected chi connectivity index (χ1v) is 12.4. The second-order valence-electron chi connectivity index (χ2n) is 10.3. The summed E-state index contributed by atoms with van der Waals surface area (Å²) in [6.45, 7) is 14.6. The van der Waals surface area contributed by atoms with Crippen LogP contribution in [0.2, 0.25) is 0 Å². The van der Waals surface area contributed by atoms with Crippen LogP contribution in [0.15, 0.2) is 0 Å². The maximum atomic E-state index is 2.58. The summed E-state index contributed by atoms with van der Waals surface area (Å²) >= 11 is 0. The Hall–Kier alpha value is 0. The molecule has 0 aliphatic heterocycles. The van der Waals surface area contributed by atoms with Gasteiger partial charge < -0.3 is 0 Å². The maximum Gasteiger partial charge on any atom is -0.0277 e. The van der Waals surface area contributed by atoms with E-state index >= 15 is 0 Å². The summed E-state index contributed by atoms with van der Waals surface area (Å²) in [5.41, 5.74) is 0.965. The Morgan fingerprint density at radius 3 is 0.923 bits per heavy atom. The van der Waals surface area contributed by atoms with Crippen molar-refractivity contribution in [1.82, 2.24) is 0 Å². The minimum Gasteiger partial charge on any atom is -0.0654 e. The fraction of sp³-hybridized carbons (Fsp3) is 1.00. The predicted molar refractivity (Wildman–Crippen MR) is 122 cm³/mol. The minimum absolute atomic E-state index is 0.440. The standard InChI is InChI=1S/C26H54/c1-7-9-11-13-15-17-19-21-23-26(6,25(3,4)5)24-22-20-18-16-14-12-10-8-2/h7-24H2,1-6H3. The molecule has 0 rings (SSSR count). The predicted octanol–water partition coefficient (Wildman–Crippen LogP) is 10.1. The molecule has 158 valence electrons. The van der Waals surface area contributed by atoms with Gasteiger partial charge >= 0.3 is 0 Å². The highest BCUT2D eigenvalue weighted by Crippen LogP contribution is 2.46. The molecule has 0 nitrogen and oxygen atoms in total. The quantitative estimate of drug-likeness (QED) is 0.212. The zero-order chi connectivity index (χ0) is 19.7. The summed E-state index contributed by atoms with van der Waals surface area (Å²) in [5.74, 6) is 0. The lowest BCUT2D eigenvalue weighted by molar-refractivity contribution is 0.0776. The third-order valence-electron chi connectivity index (χ3n) is 6.97. The lowest BCUT2D eigenvalue weighted by Gasteiger charge is -2.43. The van der Waals surface area contributed by atoms with Crippen molar-refractivity contribution in [2.45, 2.75) is 157 Å². The average Bonchev–Trinajstić information content (AvgIpc) is 2.58. The molecule has 0 aliphatic carbocycles. The van der Waals surface area contributed by atoms with E-state index in [-0.39, 0.29) is 0 Å². The zero-order valence-electron chi connectivity index (χ0n) is 19.7. The number of hydrogen-bond acceptors (Lipinski definition) is 0. The van der Waals surface area contributed by atoms with Crippen molar-refractivity contribution in [1.29, 1.82) is 0 Å². The monoisotopic (exact) mass is 366 g/mol. The molecule has 0 aromatic heterocycles. The van der Waals surface area contributed by atoms with E-state index in [0.29, 0.717) is 10.8 Å². The van der Waals surface area contributed by atoms with Gasteiger partial charge in [-0.25, -0.2) is 0 Å². The van der Waals surface area contributed by atoms with E-state index in [1.54, 1.807) is 0 Å². The van der Waals surface area contributed by atoms with Crippen LogP contribution in [0.4, 0.5) is 0 Å². The summed E-state index contributed by atoms with van der Waals surface area (Å²) in [5, 5.41) is 0. The van der Waals surface area contributed by atoms with Gasteiger partial charge in [0.2, 0.25) is 0 Å². The maximum absolute atomic E-state index is 2.58. The van der Waals surface area contributed by atoms with Crippen LogP contribution in [0.3, 0.4) is 0 Å². The molecule has 0 bridgehead atoms. The van der Waals surface area contributed by atoms with Crippen molar-refractivity contribution in [2.24, 2.45) is 10.8 Å². The highest BCUT2D eigenvalue weighted by Gasteiger charge is 2.35. The van der Waals surface area contributed by atoms with Gasteiger partial charge in [-0.15, -0.1) is 0 Å². The Bertz CT molecular complexity index is 263. The van der Waals surface area contributed by atoms with Gasteiger partial charge in [-0.05, 0) is 23.7 Å². The Balaban J connectivity index is 3.91. The van der Waals surface area contributed by atoms with Crippen molar-refractivity contribution in [3.05, 3.63) is 0 Å². The van der Waals surface area contributed by atoms with Crippen LogP contribution in [0.5, 0.6) is 0 Å². The molecule has 0 fully saturated rings. The SMILES string of the molecule is CCCCCCCCCCC(C)(CCCCCCCCCC)C(C)(C)C. The van der Waals surface area contributed by atoms with Crippen molar-refractivity contribution in [2.75, 3.05) is 0 Å². The van der Waals surface area contributed by atoms with Crippen LogP contribution >= 0.6 is 0 Å². The van der Waals surface area contributed by atoms with E-state index in [1.165, 1.54) is 116 Å². The second-order valence-corrected chi connectivity index (χ2v) is 10.3. The Morgan fingerprint density at radius 2 is 0.654 bits per heavy atom. The van der Waals surface area contributed by atoms with Crippen LogP contribution in [-0.4, -0.2) is 0 Å². The zero-order valence-corrected chi connectivity index (χ0v) is 19.7. The van der Waals surface area contributed by atoms with Gasteiger partial charge in [0, 0.05) is 0 Å². The number of hydrogen-bond donors (Lipinski definition) is 0. The van der Waals surface area contributed by atoms with Gasteiger partial charge in [-0.2, -0.15) is 0 Å². The molecule has 0 heterocycles. The summed E-state index contributed by atoms with van der Waals surface area (Å²) in [4.78, 5) is 0. The first-order valence-electron chi connectivity index (χ1n) is 12.4. The van der Waals surface area contributed by atoms with Gasteiger partial charge in [-0.3, -0.25) is 0 Å². The fourth-order valence-corrected chi connectivity index (χ4v) is 4.17. The van der Waals surface area contributed by atoms with E-state index in [2.05, 4.69) is 41.5 Å². The molecular weight excluding hydrogens is 312 g/mol. The molecule has 0 aromatic rings. The van der Waals surface area contributed by atoms with E-state index in [9.17, 15) is 0 Å². The molecular formula is C26H54. The van der Waals surface area contributed by atoms with Crippen molar-refractivity contribution >= 4 is 0 Å². The Morgan fingerprint density at radius 1 is 0.385 bits per heavy atom. The molecule has 0 heteroatoms. The smallest absolute Gasteiger partial charge is 0.0277 e. The topological polar surface area (TPSA) is 0 Å². The van der Waals surface area contributed by atoms with Crippen LogP contribution in [0, 0.1) is 10.8 Å². The molecule has 0 atom stereocenters. The van der Waals surface area contributed by atoms with Gasteiger partial charge in [0.1, 0.15) is 0 Å². The molecule has 0 aromatic carbocycles. The molecule has 0 saturated heterocycles. The van der Waals surface area contributed by atoms with Crippen LogP contribution in [-0.2, 0) is 0 Å². The van der Waals surface area contributed by atoms with Gasteiger partial charge in [0.15, 0.2) is 0 Å². The van der Waals surface area contributed by atoms with Crippen LogP contribution in [0.1, 0.15) is 157 Å². The van der Waals surface area contributed by atoms with E-state index < -0.39 is 0 Å². The summed E-state index contributed by atoms with van der Waals surface area (Å²) in [6.07, 6.45) is 25.9. The van der Waals surface area contributed by atoms with Gasteiger partial charge in [0.25, 0.3) is 0 Å². The average molecular weight is 367 g/mol. The summed E-state index contributed by atoms with van der Waals surface area (Å²) < 4.78 is 0.